The number of nitrogens with one attached hydrogen (secondary N) is 1. The zero-order valence-electron chi connectivity index (χ0n) is 14.6. The van der Waals surface area contributed by atoms with E-state index >= 15 is 0 Å². The van der Waals surface area contributed by atoms with Gasteiger partial charge < -0.3 is 15.1 Å². The van der Waals surface area contributed by atoms with Gasteiger partial charge >= 0.3 is 6.03 Å². The van der Waals surface area contributed by atoms with Crippen LogP contribution in [0.4, 0.5) is 16.2 Å². The molecule has 2 aromatic rings. The minimum Gasteiger partial charge on any atom is -0.369 e. The van der Waals surface area contributed by atoms with E-state index in [4.69, 9.17) is 11.6 Å². The van der Waals surface area contributed by atoms with Crippen LogP contribution in [0.1, 0.15) is 0 Å². The number of rotatable bonds is 3. The molecule has 0 atom stereocenters. The van der Waals surface area contributed by atoms with Crippen LogP contribution in [0.3, 0.4) is 0 Å². The van der Waals surface area contributed by atoms with Gasteiger partial charge in [0.25, 0.3) is 0 Å². The standard InChI is InChI=1S/C20H23ClN4O/c21-16-5-4-6-17(13-16)22-20(26)25-14-19(15-25)24-11-9-23(10-12-24)18-7-2-1-3-8-18/h1-8,13,19H,9-12,14-15H2,(H,22,26). The van der Waals surface area contributed by atoms with Crippen LogP contribution in [-0.4, -0.2) is 61.1 Å². The Morgan fingerprint density at radius 2 is 1.69 bits per heavy atom. The third-order valence-electron chi connectivity index (χ3n) is 5.18. The number of anilines is 2. The molecule has 0 bridgehead atoms. The van der Waals surface area contributed by atoms with Crippen LogP contribution in [-0.2, 0) is 0 Å². The van der Waals surface area contributed by atoms with Crippen LogP contribution in [0.2, 0.25) is 5.02 Å². The molecule has 2 fully saturated rings. The van der Waals surface area contributed by atoms with Crippen molar-refractivity contribution in [1.29, 1.82) is 0 Å². The van der Waals surface area contributed by atoms with Crippen LogP contribution in [0.25, 0.3) is 0 Å². The fourth-order valence-electron chi connectivity index (χ4n) is 3.60. The molecule has 136 valence electrons. The Kier molecular flexibility index (Phi) is 5.00. The van der Waals surface area contributed by atoms with Crippen molar-refractivity contribution in [2.45, 2.75) is 6.04 Å². The summed E-state index contributed by atoms with van der Waals surface area (Å²) in [4.78, 5) is 19.1. The molecule has 26 heavy (non-hydrogen) atoms. The SMILES string of the molecule is O=C(Nc1cccc(Cl)c1)N1CC(N2CCN(c3ccccc3)CC2)C1. The summed E-state index contributed by atoms with van der Waals surface area (Å²) in [6, 6.07) is 18.2. The maximum absolute atomic E-state index is 12.3. The van der Waals surface area contributed by atoms with E-state index < -0.39 is 0 Å². The lowest BCUT2D eigenvalue weighted by atomic mass is 10.1. The number of halogens is 1. The number of para-hydroxylation sites is 1. The summed E-state index contributed by atoms with van der Waals surface area (Å²) < 4.78 is 0. The van der Waals surface area contributed by atoms with E-state index in [-0.39, 0.29) is 6.03 Å². The first kappa shape index (κ1) is 17.2. The van der Waals surface area contributed by atoms with Gasteiger partial charge in [0.1, 0.15) is 0 Å². The Bertz CT molecular complexity index is 755. The van der Waals surface area contributed by atoms with Crippen molar-refractivity contribution in [2.24, 2.45) is 0 Å². The number of carbonyl (C=O) groups is 1. The maximum Gasteiger partial charge on any atom is 0.321 e. The van der Waals surface area contributed by atoms with E-state index in [2.05, 4.69) is 45.4 Å². The van der Waals surface area contributed by atoms with E-state index in [0.717, 1.165) is 45.0 Å². The molecule has 0 radical (unpaired) electrons. The number of amides is 2. The van der Waals surface area contributed by atoms with Gasteiger partial charge in [-0.1, -0.05) is 35.9 Å². The number of nitrogens with zero attached hydrogens (tertiary/aromatic N) is 3. The van der Waals surface area contributed by atoms with Gasteiger partial charge in [0.15, 0.2) is 0 Å². The maximum atomic E-state index is 12.3. The van der Waals surface area contributed by atoms with Crippen molar-refractivity contribution in [3.05, 3.63) is 59.6 Å². The van der Waals surface area contributed by atoms with Crippen molar-refractivity contribution in [3.63, 3.8) is 0 Å². The Morgan fingerprint density at radius 1 is 0.962 bits per heavy atom. The van der Waals surface area contributed by atoms with E-state index in [0.29, 0.717) is 11.1 Å². The first-order valence-electron chi connectivity index (χ1n) is 9.04. The predicted octanol–water partition coefficient (Wildman–Crippen LogP) is 3.38. The Balaban J connectivity index is 1.23. The average Bonchev–Trinajstić information content (AvgIpc) is 2.62. The highest BCUT2D eigenvalue weighted by molar-refractivity contribution is 6.30. The van der Waals surface area contributed by atoms with E-state index in [1.54, 1.807) is 12.1 Å². The lowest BCUT2D eigenvalue weighted by Gasteiger charge is -2.48. The third-order valence-corrected chi connectivity index (χ3v) is 5.41. The fourth-order valence-corrected chi connectivity index (χ4v) is 3.80. The fraction of sp³-hybridized carbons (Fsp3) is 0.350. The summed E-state index contributed by atoms with van der Waals surface area (Å²) in [5, 5.41) is 3.54. The molecule has 0 unspecified atom stereocenters. The molecular weight excluding hydrogens is 348 g/mol. The molecule has 1 N–H and O–H groups in total. The predicted molar refractivity (Wildman–Crippen MR) is 106 cm³/mol. The topological polar surface area (TPSA) is 38.8 Å². The van der Waals surface area contributed by atoms with E-state index in [1.165, 1.54) is 5.69 Å². The number of urea groups is 1. The number of benzene rings is 2. The smallest absolute Gasteiger partial charge is 0.321 e. The highest BCUT2D eigenvalue weighted by Crippen LogP contribution is 2.22. The number of hydrogen-bond donors (Lipinski definition) is 1. The quantitative estimate of drug-likeness (QED) is 0.900. The average molecular weight is 371 g/mol. The van der Waals surface area contributed by atoms with E-state index in [1.807, 2.05) is 17.0 Å². The van der Waals surface area contributed by atoms with Gasteiger partial charge in [0, 0.05) is 61.7 Å². The third kappa shape index (κ3) is 3.79. The monoisotopic (exact) mass is 370 g/mol. The minimum atomic E-state index is -0.0496. The van der Waals surface area contributed by atoms with Crippen molar-refractivity contribution in [2.75, 3.05) is 49.5 Å². The summed E-state index contributed by atoms with van der Waals surface area (Å²) in [5.74, 6) is 0. The van der Waals surface area contributed by atoms with Crippen molar-refractivity contribution in [3.8, 4) is 0 Å². The normalized spacial score (nSPS) is 18.5. The summed E-state index contributed by atoms with van der Waals surface area (Å²) in [7, 11) is 0. The molecule has 2 aliphatic rings. The van der Waals surface area contributed by atoms with Gasteiger partial charge in [0.2, 0.25) is 0 Å². The van der Waals surface area contributed by atoms with Gasteiger partial charge in [0.05, 0.1) is 0 Å². The molecular formula is C20H23ClN4O. The number of likely N-dealkylation sites (tertiary alicyclic amines) is 1. The molecule has 0 saturated carbocycles. The molecule has 2 aliphatic heterocycles. The Morgan fingerprint density at radius 3 is 2.38 bits per heavy atom. The van der Waals surface area contributed by atoms with Crippen molar-refractivity contribution >= 4 is 29.0 Å². The second kappa shape index (κ2) is 7.56. The first-order chi connectivity index (χ1) is 12.7. The molecule has 2 heterocycles. The highest BCUT2D eigenvalue weighted by atomic mass is 35.5. The molecule has 4 rings (SSSR count). The van der Waals surface area contributed by atoms with E-state index in [9.17, 15) is 4.79 Å². The van der Waals surface area contributed by atoms with Crippen LogP contribution in [0, 0.1) is 0 Å². The van der Waals surface area contributed by atoms with Gasteiger partial charge in [-0.2, -0.15) is 0 Å². The summed E-state index contributed by atoms with van der Waals surface area (Å²) in [5.41, 5.74) is 2.03. The molecule has 5 nitrogen and oxygen atoms in total. The van der Waals surface area contributed by atoms with Crippen LogP contribution >= 0.6 is 11.6 Å². The molecule has 2 amide bonds. The van der Waals surface area contributed by atoms with Crippen molar-refractivity contribution < 1.29 is 4.79 Å². The van der Waals surface area contributed by atoms with Crippen LogP contribution in [0.15, 0.2) is 54.6 Å². The minimum absolute atomic E-state index is 0.0496. The van der Waals surface area contributed by atoms with Gasteiger partial charge in [-0.25, -0.2) is 4.79 Å². The summed E-state index contributed by atoms with van der Waals surface area (Å²) >= 11 is 5.96. The first-order valence-corrected chi connectivity index (χ1v) is 9.42. The highest BCUT2D eigenvalue weighted by Gasteiger charge is 2.36. The van der Waals surface area contributed by atoms with Crippen LogP contribution in [0.5, 0.6) is 0 Å². The second-order valence-corrected chi connectivity index (χ2v) is 7.29. The lowest BCUT2D eigenvalue weighted by Crippen LogP contribution is -2.64. The second-order valence-electron chi connectivity index (χ2n) is 6.86. The summed E-state index contributed by atoms with van der Waals surface area (Å²) in [6.45, 7) is 5.74. The largest absolute Gasteiger partial charge is 0.369 e. The van der Waals surface area contributed by atoms with Crippen LogP contribution < -0.4 is 10.2 Å². The summed E-state index contributed by atoms with van der Waals surface area (Å²) in [6.07, 6.45) is 0. The molecule has 2 aromatic carbocycles. The lowest BCUT2D eigenvalue weighted by molar-refractivity contribution is 0.0578. The Labute approximate surface area is 159 Å². The molecule has 6 heteroatoms. The van der Waals surface area contributed by atoms with Crippen molar-refractivity contribution in [1.82, 2.24) is 9.80 Å². The van der Waals surface area contributed by atoms with Gasteiger partial charge in [-0.15, -0.1) is 0 Å². The van der Waals surface area contributed by atoms with Gasteiger partial charge in [-0.05, 0) is 30.3 Å². The number of hydrogen-bond acceptors (Lipinski definition) is 3. The zero-order chi connectivity index (χ0) is 17.9. The Hall–Kier alpha value is -2.24. The molecule has 0 spiro atoms. The zero-order valence-corrected chi connectivity index (χ0v) is 15.4. The molecule has 0 aliphatic carbocycles. The number of piperazine rings is 1. The van der Waals surface area contributed by atoms with Gasteiger partial charge in [-0.3, -0.25) is 4.90 Å². The molecule has 2 saturated heterocycles. The molecule has 0 aromatic heterocycles. The number of carbonyl (C=O) groups excluding carboxylic acids is 1.